The van der Waals surface area contributed by atoms with E-state index in [0.29, 0.717) is 42.1 Å². The Morgan fingerprint density at radius 1 is 1.33 bits per heavy atom. The fraction of sp³-hybridized carbons (Fsp3) is 0.346. The summed E-state index contributed by atoms with van der Waals surface area (Å²) in [6.07, 6.45) is 4.21. The highest BCUT2D eigenvalue weighted by molar-refractivity contribution is 5.91. The van der Waals surface area contributed by atoms with Crippen molar-refractivity contribution < 1.29 is 9.53 Å². The van der Waals surface area contributed by atoms with Gasteiger partial charge in [0, 0.05) is 38.9 Å². The quantitative estimate of drug-likeness (QED) is 0.341. The molecule has 5 rings (SSSR count). The molecular formula is C26H28N8O2. The fourth-order valence-corrected chi connectivity index (χ4v) is 4.85. The molecule has 1 saturated heterocycles. The van der Waals surface area contributed by atoms with Gasteiger partial charge in [0.1, 0.15) is 23.7 Å². The van der Waals surface area contributed by atoms with Gasteiger partial charge in [-0.05, 0) is 50.0 Å². The lowest BCUT2D eigenvalue weighted by atomic mass is 10.1. The van der Waals surface area contributed by atoms with E-state index in [0.717, 1.165) is 28.8 Å². The third-order valence-electron chi connectivity index (χ3n) is 6.80. The van der Waals surface area contributed by atoms with Crippen molar-refractivity contribution >= 4 is 33.8 Å². The summed E-state index contributed by atoms with van der Waals surface area (Å²) in [4.78, 5) is 27.6. The number of aromatic nitrogens is 6. The maximum absolute atomic E-state index is 12.5. The van der Waals surface area contributed by atoms with E-state index in [1.807, 2.05) is 46.3 Å². The Kier molecular flexibility index (Phi) is 6.16. The van der Waals surface area contributed by atoms with E-state index in [1.54, 1.807) is 7.11 Å². The number of hydrogen-bond donors (Lipinski definition) is 1. The molecule has 4 aromatic rings. The Bertz CT molecular complexity index is 1540. The first-order chi connectivity index (χ1) is 17.4. The van der Waals surface area contributed by atoms with Gasteiger partial charge in [-0.1, -0.05) is 12.5 Å². The van der Waals surface area contributed by atoms with Gasteiger partial charge in [0.15, 0.2) is 5.65 Å². The molecule has 1 amide bonds. The molecular weight excluding hydrogens is 456 g/mol. The molecule has 0 bridgehead atoms. The highest BCUT2D eigenvalue weighted by Gasteiger charge is 2.36. The number of fused-ring (bicyclic) bond motifs is 2. The van der Waals surface area contributed by atoms with Crippen molar-refractivity contribution in [2.24, 2.45) is 7.05 Å². The average Bonchev–Trinajstić information content (AvgIpc) is 3.55. The maximum atomic E-state index is 12.5. The number of imidazole rings is 1. The molecule has 1 aromatic carbocycles. The normalized spacial score (nSPS) is 17.5. The fourth-order valence-electron chi connectivity index (χ4n) is 4.85. The summed E-state index contributed by atoms with van der Waals surface area (Å²) < 4.78 is 9.13. The zero-order valence-electron chi connectivity index (χ0n) is 20.6. The number of amides is 1. The van der Waals surface area contributed by atoms with Crippen LogP contribution in [0.5, 0.6) is 0 Å². The SMILES string of the molecule is C=CC(=O)N1CC(n2nc(C#Cc3ccc4c(c3)nc(C)n4C)c3c(N)ncnc32)C[C@@H]1CCOC. The summed E-state index contributed by atoms with van der Waals surface area (Å²) in [5.74, 6) is 7.52. The smallest absolute Gasteiger partial charge is 0.246 e. The summed E-state index contributed by atoms with van der Waals surface area (Å²) in [7, 11) is 3.65. The number of carbonyl (C=O) groups excluding carboxylic acids is 1. The Hall–Kier alpha value is -4.23. The van der Waals surface area contributed by atoms with Crippen LogP contribution in [0, 0.1) is 18.8 Å². The molecule has 3 aromatic heterocycles. The van der Waals surface area contributed by atoms with Crippen molar-refractivity contribution in [3.63, 3.8) is 0 Å². The summed E-state index contributed by atoms with van der Waals surface area (Å²) in [6, 6.07) is 5.87. The molecule has 0 saturated carbocycles. The Labute approximate surface area is 208 Å². The van der Waals surface area contributed by atoms with Gasteiger partial charge in [0.05, 0.1) is 22.5 Å². The predicted octanol–water partition coefficient (Wildman–Crippen LogP) is 2.37. The number of rotatable bonds is 5. The van der Waals surface area contributed by atoms with Crippen LogP contribution in [-0.4, -0.2) is 66.4 Å². The highest BCUT2D eigenvalue weighted by Crippen LogP contribution is 2.33. The molecule has 0 aliphatic carbocycles. The number of methoxy groups -OCH3 is 1. The van der Waals surface area contributed by atoms with Crippen LogP contribution in [0.1, 0.15) is 36.0 Å². The topological polar surface area (TPSA) is 117 Å². The Morgan fingerprint density at radius 3 is 2.94 bits per heavy atom. The van der Waals surface area contributed by atoms with Crippen LogP contribution in [0.15, 0.2) is 37.2 Å². The molecule has 2 N–H and O–H groups in total. The minimum Gasteiger partial charge on any atom is -0.385 e. The van der Waals surface area contributed by atoms with E-state index in [2.05, 4.69) is 33.4 Å². The van der Waals surface area contributed by atoms with Crippen molar-refractivity contribution in [1.82, 2.24) is 34.2 Å². The van der Waals surface area contributed by atoms with Crippen LogP contribution in [0.3, 0.4) is 0 Å². The molecule has 0 spiro atoms. The number of likely N-dealkylation sites (tertiary alicyclic amines) is 1. The van der Waals surface area contributed by atoms with Crippen LogP contribution in [0.2, 0.25) is 0 Å². The van der Waals surface area contributed by atoms with E-state index in [9.17, 15) is 4.79 Å². The highest BCUT2D eigenvalue weighted by atomic mass is 16.5. The standard InChI is InChI=1S/C26H28N8O2/c1-5-23(35)33-14-19(13-18(33)10-11-36-4)34-26-24(25(27)28-15-29-26)20(31-34)8-6-17-7-9-22-21(12-17)30-16(2)32(22)3/h5,7,9,12,15,18-19H,1,10-11,13-14H2,2-4H3,(H2,27,28,29)/t18-,19?/m0/s1. The van der Waals surface area contributed by atoms with E-state index in [1.165, 1.54) is 12.4 Å². The van der Waals surface area contributed by atoms with Gasteiger partial charge >= 0.3 is 0 Å². The van der Waals surface area contributed by atoms with Crippen molar-refractivity contribution in [2.75, 3.05) is 26.0 Å². The maximum Gasteiger partial charge on any atom is 0.246 e. The van der Waals surface area contributed by atoms with Crippen molar-refractivity contribution in [3.8, 4) is 11.8 Å². The van der Waals surface area contributed by atoms with Gasteiger partial charge < -0.3 is 19.9 Å². The molecule has 1 unspecified atom stereocenters. The van der Waals surface area contributed by atoms with Gasteiger partial charge in [0.25, 0.3) is 0 Å². The lowest BCUT2D eigenvalue weighted by molar-refractivity contribution is -0.127. The second kappa shape index (κ2) is 9.43. The number of ether oxygens (including phenoxy) is 1. The Balaban J connectivity index is 1.53. The minimum atomic E-state index is -0.107. The average molecular weight is 485 g/mol. The predicted molar refractivity (Wildman–Crippen MR) is 137 cm³/mol. The van der Waals surface area contributed by atoms with Crippen molar-refractivity contribution in [3.05, 3.63) is 54.3 Å². The lowest BCUT2D eigenvalue weighted by Gasteiger charge is -2.22. The lowest BCUT2D eigenvalue weighted by Crippen LogP contribution is -2.35. The van der Waals surface area contributed by atoms with E-state index >= 15 is 0 Å². The summed E-state index contributed by atoms with van der Waals surface area (Å²) >= 11 is 0. The molecule has 10 heteroatoms. The van der Waals surface area contributed by atoms with Gasteiger partial charge in [-0.2, -0.15) is 5.10 Å². The first kappa shape index (κ1) is 23.5. The molecule has 36 heavy (non-hydrogen) atoms. The zero-order valence-corrected chi connectivity index (χ0v) is 20.6. The third kappa shape index (κ3) is 4.07. The van der Waals surface area contributed by atoms with E-state index in [-0.39, 0.29) is 18.0 Å². The second-order valence-electron chi connectivity index (χ2n) is 8.94. The van der Waals surface area contributed by atoms with Gasteiger partial charge in [-0.15, -0.1) is 0 Å². The Morgan fingerprint density at radius 2 is 2.17 bits per heavy atom. The van der Waals surface area contributed by atoms with Crippen LogP contribution >= 0.6 is 0 Å². The largest absolute Gasteiger partial charge is 0.385 e. The molecule has 184 valence electrons. The minimum absolute atomic E-state index is 0.0157. The second-order valence-corrected chi connectivity index (χ2v) is 8.94. The molecule has 2 atom stereocenters. The van der Waals surface area contributed by atoms with Gasteiger partial charge in [0.2, 0.25) is 5.91 Å². The number of aryl methyl sites for hydroxylation is 2. The summed E-state index contributed by atoms with van der Waals surface area (Å²) in [5, 5.41) is 5.42. The number of hydrogen-bond acceptors (Lipinski definition) is 7. The monoisotopic (exact) mass is 484 g/mol. The van der Waals surface area contributed by atoms with Gasteiger partial charge in [-0.3, -0.25) is 4.79 Å². The number of benzene rings is 1. The molecule has 4 heterocycles. The molecule has 1 fully saturated rings. The number of anilines is 1. The van der Waals surface area contributed by atoms with Crippen molar-refractivity contribution in [2.45, 2.75) is 31.8 Å². The van der Waals surface area contributed by atoms with E-state index < -0.39 is 0 Å². The van der Waals surface area contributed by atoms with E-state index in [4.69, 9.17) is 15.6 Å². The van der Waals surface area contributed by atoms with Crippen LogP contribution < -0.4 is 5.73 Å². The summed E-state index contributed by atoms with van der Waals surface area (Å²) in [6.45, 7) is 6.68. The van der Waals surface area contributed by atoms with Gasteiger partial charge in [-0.25, -0.2) is 19.6 Å². The third-order valence-corrected chi connectivity index (χ3v) is 6.80. The summed E-state index contributed by atoms with van der Waals surface area (Å²) in [5.41, 5.74) is 10.1. The first-order valence-corrected chi connectivity index (χ1v) is 11.8. The van der Waals surface area contributed by atoms with Crippen LogP contribution in [0.25, 0.3) is 22.1 Å². The number of nitrogens with zero attached hydrogens (tertiary/aromatic N) is 7. The first-order valence-electron chi connectivity index (χ1n) is 11.8. The molecule has 1 aliphatic rings. The van der Waals surface area contributed by atoms with Crippen molar-refractivity contribution in [1.29, 1.82) is 0 Å². The molecule has 0 radical (unpaired) electrons. The van der Waals surface area contributed by atoms with Crippen LogP contribution in [-0.2, 0) is 16.6 Å². The number of nitrogen functional groups attached to an aromatic ring is 1. The molecule has 10 nitrogen and oxygen atoms in total. The number of nitrogens with two attached hydrogens (primary N) is 1. The van der Waals surface area contributed by atoms with Crippen LogP contribution in [0.4, 0.5) is 5.82 Å². The zero-order chi connectivity index (χ0) is 25.4. The number of carbonyl (C=O) groups is 1. The molecule has 1 aliphatic heterocycles.